The summed E-state index contributed by atoms with van der Waals surface area (Å²) in [6.07, 6.45) is 6.66. The molecule has 4 heteroatoms. The fourth-order valence-corrected chi connectivity index (χ4v) is 3.63. The predicted octanol–water partition coefficient (Wildman–Crippen LogP) is 3.21. The number of ether oxygens (including phenoxy) is 1. The van der Waals surface area contributed by atoms with Gasteiger partial charge in [-0.05, 0) is 36.3 Å². The highest BCUT2D eigenvalue weighted by Gasteiger charge is 2.25. The van der Waals surface area contributed by atoms with Crippen molar-refractivity contribution in [2.75, 3.05) is 13.7 Å². The van der Waals surface area contributed by atoms with Gasteiger partial charge in [-0.25, -0.2) is 0 Å². The van der Waals surface area contributed by atoms with Gasteiger partial charge in [0.1, 0.15) is 5.75 Å². The zero-order valence-electron chi connectivity index (χ0n) is 14.4. The SMILES string of the molecule is COc1ccccc1C(C)CC(=O)NC(CN)C1CCCCC1. The predicted molar refractivity (Wildman–Crippen MR) is 93.6 cm³/mol. The average Bonchev–Trinajstić information content (AvgIpc) is 2.60. The van der Waals surface area contributed by atoms with Crippen LogP contribution in [0.2, 0.25) is 0 Å². The largest absolute Gasteiger partial charge is 0.496 e. The lowest BCUT2D eigenvalue weighted by atomic mass is 9.83. The van der Waals surface area contributed by atoms with E-state index in [-0.39, 0.29) is 17.9 Å². The molecule has 1 aromatic rings. The molecule has 4 nitrogen and oxygen atoms in total. The van der Waals surface area contributed by atoms with Crippen molar-refractivity contribution in [3.05, 3.63) is 29.8 Å². The number of carbonyl (C=O) groups excluding carboxylic acids is 1. The van der Waals surface area contributed by atoms with Crippen molar-refractivity contribution in [2.45, 2.75) is 57.4 Å². The maximum absolute atomic E-state index is 12.4. The molecule has 2 rings (SSSR count). The Bertz CT molecular complexity index is 498. The summed E-state index contributed by atoms with van der Waals surface area (Å²) in [4.78, 5) is 12.4. The zero-order chi connectivity index (χ0) is 16.7. The van der Waals surface area contributed by atoms with E-state index < -0.39 is 0 Å². The van der Waals surface area contributed by atoms with Crippen LogP contribution in [0.5, 0.6) is 5.75 Å². The summed E-state index contributed by atoms with van der Waals surface area (Å²) in [5.74, 6) is 1.59. The molecule has 0 heterocycles. The second kappa shape index (κ2) is 8.92. The second-order valence-electron chi connectivity index (χ2n) is 6.65. The number of carbonyl (C=O) groups is 1. The van der Waals surface area contributed by atoms with Gasteiger partial charge >= 0.3 is 0 Å². The van der Waals surface area contributed by atoms with Crippen LogP contribution in [-0.4, -0.2) is 25.6 Å². The van der Waals surface area contributed by atoms with Crippen molar-refractivity contribution in [3.8, 4) is 5.75 Å². The van der Waals surface area contributed by atoms with E-state index in [1.54, 1.807) is 7.11 Å². The zero-order valence-corrected chi connectivity index (χ0v) is 14.4. The van der Waals surface area contributed by atoms with Crippen LogP contribution < -0.4 is 15.8 Å². The van der Waals surface area contributed by atoms with Gasteiger partial charge in [-0.3, -0.25) is 4.79 Å². The van der Waals surface area contributed by atoms with E-state index in [0.717, 1.165) is 11.3 Å². The summed E-state index contributed by atoms with van der Waals surface area (Å²) < 4.78 is 5.39. The van der Waals surface area contributed by atoms with Gasteiger partial charge in [-0.1, -0.05) is 44.4 Å². The third-order valence-electron chi connectivity index (χ3n) is 4.98. The Hall–Kier alpha value is -1.55. The van der Waals surface area contributed by atoms with E-state index in [2.05, 4.69) is 12.2 Å². The van der Waals surface area contributed by atoms with Crippen molar-refractivity contribution in [3.63, 3.8) is 0 Å². The van der Waals surface area contributed by atoms with Crippen LogP contribution in [0.4, 0.5) is 0 Å². The number of nitrogens with one attached hydrogen (secondary N) is 1. The Morgan fingerprint density at radius 1 is 1.30 bits per heavy atom. The first-order valence-corrected chi connectivity index (χ1v) is 8.78. The fourth-order valence-electron chi connectivity index (χ4n) is 3.63. The van der Waals surface area contributed by atoms with Gasteiger partial charge in [-0.15, -0.1) is 0 Å². The average molecular weight is 318 g/mol. The number of amides is 1. The summed E-state index contributed by atoms with van der Waals surface area (Å²) in [7, 11) is 1.67. The molecule has 1 fully saturated rings. The highest BCUT2D eigenvalue weighted by atomic mass is 16.5. The van der Waals surface area contributed by atoms with Gasteiger partial charge in [0.05, 0.1) is 7.11 Å². The van der Waals surface area contributed by atoms with E-state index in [4.69, 9.17) is 10.5 Å². The van der Waals surface area contributed by atoms with Crippen LogP contribution in [0.3, 0.4) is 0 Å². The standard InChI is InChI=1S/C19H30N2O2/c1-14(16-10-6-7-11-18(16)23-2)12-19(22)21-17(13-20)15-8-4-3-5-9-15/h6-7,10-11,14-15,17H,3-5,8-9,12-13,20H2,1-2H3,(H,21,22). The summed E-state index contributed by atoms with van der Waals surface area (Å²) in [5, 5.41) is 3.17. The molecule has 0 aromatic heterocycles. The van der Waals surface area contributed by atoms with Crippen LogP contribution in [0.25, 0.3) is 0 Å². The number of nitrogens with two attached hydrogens (primary N) is 1. The molecule has 0 spiro atoms. The van der Waals surface area contributed by atoms with Crippen LogP contribution in [0, 0.1) is 5.92 Å². The molecule has 1 aliphatic carbocycles. The molecule has 1 saturated carbocycles. The van der Waals surface area contributed by atoms with Crippen LogP contribution >= 0.6 is 0 Å². The van der Waals surface area contributed by atoms with E-state index in [0.29, 0.717) is 18.9 Å². The minimum Gasteiger partial charge on any atom is -0.496 e. The molecular weight excluding hydrogens is 288 g/mol. The summed E-state index contributed by atoms with van der Waals surface area (Å²) in [6.45, 7) is 2.59. The first kappa shape index (κ1) is 17.8. The smallest absolute Gasteiger partial charge is 0.220 e. The molecule has 1 aliphatic rings. The number of hydrogen-bond acceptors (Lipinski definition) is 3. The van der Waals surface area contributed by atoms with Crippen LogP contribution in [-0.2, 0) is 4.79 Å². The molecule has 1 amide bonds. The van der Waals surface area contributed by atoms with Crippen molar-refractivity contribution < 1.29 is 9.53 Å². The maximum atomic E-state index is 12.4. The second-order valence-corrected chi connectivity index (χ2v) is 6.65. The molecule has 128 valence electrons. The summed E-state index contributed by atoms with van der Waals surface area (Å²) >= 11 is 0. The molecule has 0 radical (unpaired) electrons. The minimum atomic E-state index is 0.0874. The summed E-state index contributed by atoms with van der Waals surface area (Å²) in [6, 6.07) is 8.01. The van der Waals surface area contributed by atoms with Gasteiger partial charge < -0.3 is 15.8 Å². The highest BCUT2D eigenvalue weighted by Crippen LogP contribution is 2.29. The van der Waals surface area contributed by atoms with Gasteiger partial charge in [0.25, 0.3) is 0 Å². The molecular formula is C19H30N2O2. The van der Waals surface area contributed by atoms with Gasteiger partial charge in [0.15, 0.2) is 0 Å². The number of hydrogen-bond donors (Lipinski definition) is 2. The molecule has 23 heavy (non-hydrogen) atoms. The molecule has 0 bridgehead atoms. The first-order chi connectivity index (χ1) is 11.2. The topological polar surface area (TPSA) is 64.3 Å². The Kier molecular flexibility index (Phi) is 6.90. The Balaban J connectivity index is 1.92. The minimum absolute atomic E-state index is 0.0874. The Morgan fingerprint density at radius 2 is 2.00 bits per heavy atom. The third kappa shape index (κ3) is 4.96. The number of para-hydroxylation sites is 1. The van der Waals surface area contributed by atoms with Gasteiger partial charge in [-0.2, -0.15) is 0 Å². The lowest BCUT2D eigenvalue weighted by molar-refractivity contribution is -0.122. The molecule has 2 unspecified atom stereocenters. The number of benzene rings is 1. The molecule has 1 aromatic carbocycles. The van der Waals surface area contributed by atoms with E-state index >= 15 is 0 Å². The van der Waals surface area contributed by atoms with E-state index in [9.17, 15) is 4.79 Å². The summed E-state index contributed by atoms with van der Waals surface area (Å²) in [5.41, 5.74) is 6.98. The maximum Gasteiger partial charge on any atom is 0.220 e. The van der Waals surface area contributed by atoms with Crippen LogP contribution in [0.15, 0.2) is 24.3 Å². The first-order valence-electron chi connectivity index (χ1n) is 8.78. The Labute approximate surface area is 139 Å². The van der Waals surface area contributed by atoms with Crippen molar-refractivity contribution in [1.82, 2.24) is 5.32 Å². The third-order valence-corrected chi connectivity index (χ3v) is 4.98. The Morgan fingerprint density at radius 3 is 2.65 bits per heavy atom. The van der Waals surface area contributed by atoms with Crippen molar-refractivity contribution in [1.29, 1.82) is 0 Å². The fraction of sp³-hybridized carbons (Fsp3) is 0.632. The molecule has 2 atom stereocenters. The van der Waals surface area contributed by atoms with Crippen molar-refractivity contribution in [2.24, 2.45) is 11.7 Å². The molecule has 0 aliphatic heterocycles. The quantitative estimate of drug-likeness (QED) is 0.811. The van der Waals surface area contributed by atoms with Crippen LogP contribution in [0.1, 0.15) is 56.9 Å². The lowest BCUT2D eigenvalue weighted by Crippen LogP contribution is -2.46. The van der Waals surface area contributed by atoms with Gasteiger partial charge in [0, 0.05) is 19.0 Å². The molecule has 0 saturated heterocycles. The number of methoxy groups -OCH3 is 1. The highest BCUT2D eigenvalue weighted by molar-refractivity contribution is 5.77. The van der Waals surface area contributed by atoms with E-state index in [1.165, 1.54) is 32.1 Å². The monoisotopic (exact) mass is 318 g/mol. The van der Waals surface area contributed by atoms with Crippen molar-refractivity contribution >= 4 is 5.91 Å². The van der Waals surface area contributed by atoms with E-state index in [1.807, 2.05) is 24.3 Å². The normalized spacial score (nSPS) is 18.2. The number of rotatable bonds is 7. The van der Waals surface area contributed by atoms with Gasteiger partial charge in [0.2, 0.25) is 5.91 Å². The lowest BCUT2D eigenvalue weighted by Gasteiger charge is -2.30. The molecule has 3 N–H and O–H groups in total.